The smallest absolute Gasteiger partial charge is 0.0781 e. The fourth-order valence-corrected chi connectivity index (χ4v) is 0.698. The van der Waals surface area contributed by atoms with Crippen molar-refractivity contribution in [3.05, 3.63) is 0 Å². The number of aliphatic hydroxyl groups excluding tert-OH is 1. The van der Waals surface area contributed by atoms with E-state index in [2.05, 4.69) is 21.1 Å². The quantitative estimate of drug-likeness (QED) is 0.362. The predicted molar refractivity (Wildman–Crippen MR) is 39.2 cm³/mol. The van der Waals surface area contributed by atoms with E-state index < -0.39 is 0 Å². The Labute approximate surface area is 69.8 Å². The normalized spacial score (nSPS) is 10.8. The first-order valence-corrected chi connectivity index (χ1v) is 3.47. The lowest BCUT2D eigenvalue weighted by Gasteiger charge is -2.23. The summed E-state index contributed by atoms with van der Waals surface area (Å²) >= 11 is 0. The summed E-state index contributed by atoms with van der Waals surface area (Å²) in [6.07, 6.45) is 2.06. The molecule has 0 rings (SSSR count). The van der Waals surface area contributed by atoms with Crippen LogP contribution in [0.3, 0.4) is 0 Å². The third kappa shape index (κ3) is 11.1. The van der Waals surface area contributed by atoms with Gasteiger partial charge in [-0.3, -0.25) is 0 Å². The number of unbranched alkanes of at least 4 members (excludes halogenated alkanes) is 1. The van der Waals surface area contributed by atoms with E-state index in [1.165, 1.54) is 0 Å². The highest BCUT2D eigenvalue weighted by molar-refractivity contribution is 4.34. The van der Waals surface area contributed by atoms with Gasteiger partial charge in [0.15, 0.2) is 0 Å². The van der Waals surface area contributed by atoms with Crippen LogP contribution in [0, 0.1) is 0 Å². The molecule has 64 valence electrons. The van der Waals surface area contributed by atoms with Crippen LogP contribution in [-0.2, 0) is 0 Å². The minimum atomic E-state index is 0. The van der Waals surface area contributed by atoms with E-state index in [-0.39, 0.29) is 12.4 Å². The minimum Gasteiger partial charge on any atom is -1.00 e. The molecule has 0 atom stereocenters. The first-order valence-electron chi connectivity index (χ1n) is 3.47. The van der Waals surface area contributed by atoms with Gasteiger partial charge in [-0.25, -0.2) is 0 Å². The molecular formula is C7H18ClNO. The van der Waals surface area contributed by atoms with Crippen molar-refractivity contribution >= 4 is 0 Å². The van der Waals surface area contributed by atoms with E-state index in [0.717, 1.165) is 23.9 Å². The van der Waals surface area contributed by atoms with E-state index in [0.29, 0.717) is 6.61 Å². The number of rotatable bonds is 4. The molecule has 0 aromatic carbocycles. The van der Waals surface area contributed by atoms with Crippen molar-refractivity contribution in [1.29, 1.82) is 0 Å². The highest BCUT2D eigenvalue weighted by atomic mass is 35.5. The molecule has 0 amide bonds. The van der Waals surface area contributed by atoms with Gasteiger partial charge in [-0.05, 0) is 12.8 Å². The molecule has 1 N–H and O–H groups in total. The molecule has 0 saturated carbocycles. The van der Waals surface area contributed by atoms with Gasteiger partial charge in [-0.1, -0.05) is 0 Å². The molecular weight excluding hydrogens is 150 g/mol. The second-order valence-electron chi connectivity index (χ2n) is 3.44. The van der Waals surface area contributed by atoms with Crippen LogP contribution in [0.25, 0.3) is 0 Å². The molecule has 0 aromatic rings. The van der Waals surface area contributed by atoms with Crippen LogP contribution in [0.5, 0.6) is 0 Å². The second-order valence-corrected chi connectivity index (χ2v) is 3.44. The summed E-state index contributed by atoms with van der Waals surface area (Å²) in [5.41, 5.74) is 0. The summed E-state index contributed by atoms with van der Waals surface area (Å²) in [5, 5.41) is 8.46. The third-order valence-corrected chi connectivity index (χ3v) is 1.24. The van der Waals surface area contributed by atoms with Crippen molar-refractivity contribution in [1.82, 2.24) is 0 Å². The number of nitrogens with zero attached hydrogens (tertiary/aromatic N) is 1. The standard InChI is InChI=1S/C7H18NO.ClH/c1-8(2,3)6-4-5-7-9;/h9H,4-7H2,1-3H3;1H/q+1;/p-1. The van der Waals surface area contributed by atoms with E-state index >= 15 is 0 Å². The van der Waals surface area contributed by atoms with Crippen molar-refractivity contribution in [3.8, 4) is 0 Å². The number of hydrogen-bond donors (Lipinski definition) is 1. The Balaban J connectivity index is 0. The van der Waals surface area contributed by atoms with Gasteiger partial charge >= 0.3 is 0 Å². The van der Waals surface area contributed by atoms with E-state index in [1.807, 2.05) is 0 Å². The van der Waals surface area contributed by atoms with Crippen LogP contribution in [-0.4, -0.2) is 43.9 Å². The van der Waals surface area contributed by atoms with Crippen LogP contribution in [0.4, 0.5) is 0 Å². The Hall–Kier alpha value is 0.210. The highest BCUT2D eigenvalue weighted by Crippen LogP contribution is 1.95. The molecule has 0 radical (unpaired) electrons. The van der Waals surface area contributed by atoms with Gasteiger partial charge in [-0.15, -0.1) is 0 Å². The molecule has 0 aromatic heterocycles. The molecule has 0 spiro atoms. The average Bonchev–Trinajstić information content (AvgIpc) is 1.63. The predicted octanol–water partition coefficient (Wildman–Crippen LogP) is -2.53. The lowest BCUT2D eigenvalue weighted by Crippen LogP contribution is -3.00. The van der Waals surface area contributed by atoms with Gasteiger partial charge in [0, 0.05) is 6.61 Å². The van der Waals surface area contributed by atoms with Crippen LogP contribution < -0.4 is 12.4 Å². The Bertz CT molecular complexity index is 70.5. The summed E-state index contributed by atoms with van der Waals surface area (Å²) in [6, 6.07) is 0. The Kier molecular flexibility index (Phi) is 7.65. The van der Waals surface area contributed by atoms with Crippen LogP contribution in [0.1, 0.15) is 12.8 Å². The van der Waals surface area contributed by atoms with Gasteiger partial charge in [0.2, 0.25) is 0 Å². The molecule has 0 heterocycles. The summed E-state index contributed by atoms with van der Waals surface area (Å²) in [6.45, 7) is 1.49. The van der Waals surface area contributed by atoms with Crippen molar-refractivity contribution in [2.24, 2.45) is 0 Å². The fraction of sp³-hybridized carbons (Fsp3) is 1.00. The lowest BCUT2D eigenvalue weighted by atomic mass is 10.3. The van der Waals surface area contributed by atoms with Gasteiger partial charge < -0.3 is 22.0 Å². The Morgan fingerprint density at radius 2 is 1.60 bits per heavy atom. The van der Waals surface area contributed by atoms with Crippen LogP contribution in [0.15, 0.2) is 0 Å². The zero-order valence-electron chi connectivity index (χ0n) is 7.10. The summed E-state index contributed by atoms with van der Waals surface area (Å²) in [4.78, 5) is 0. The molecule has 0 unspecified atom stereocenters. The topological polar surface area (TPSA) is 20.2 Å². The number of hydrogen-bond acceptors (Lipinski definition) is 1. The maximum absolute atomic E-state index is 8.46. The number of quaternary nitrogens is 1. The maximum atomic E-state index is 8.46. The number of halogens is 1. The molecule has 0 saturated heterocycles. The van der Waals surface area contributed by atoms with E-state index in [4.69, 9.17) is 5.11 Å². The van der Waals surface area contributed by atoms with Crippen molar-refractivity contribution < 1.29 is 22.0 Å². The molecule has 0 aliphatic carbocycles. The fourth-order valence-electron chi connectivity index (χ4n) is 0.698. The molecule has 0 fully saturated rings. The Morgan fingerprint density at radius 3 is 1.90 bits per heavy atom. The van der Waals surface area contributed by atoms with Crippen molar-refractivity contribution in [2.45, 2.75) is 12.8 Å². The zero-order valence-corrected chi connectivity index (χ0v) is 7.86. The number of aliphatic hydroxyl groups is 1. The summed E-state index contributed by atoms with van der Waals surface area (Å²) in [7, 11) is 6.49. The van der Waals surface area contributed by atoms with Gasteiger partial charge in [0.05, 0.1) is 27.7 Å². The summed E-state index contributed by atoms with van der Waals surface area (Å²) < 4.78 is 1.00. The molecule has 2 nitrogen and oxygen atoms in total. The minimum absolute atomic E-state index is 0. The van der Waals surface area contributed by atoms with Crippen molar-refractivity contribution in [3.63, 3.8) is 0 Å². The van der Waals surface area contributed by atoms with E-state index in [9.17, 15) is 0 Å². The first-order chi connectivity index (χ1) is 4.06. The molecule has 0 aliphatic rings. The van der Waals surface area contributed by atoms with Crippen molar-refractivity contribution in [2.75, 3.05) is 34.3 Å². The lowest BCUT2D eigenvalue weighted by molar-refractivity contribution is -0.870. The Morgan fingerprint density at radius 1 is 1.10 bits per heavy atom. The summed E-state index contributed by atoms with van der Waals surface area (Å²) in [5.74, 6) is 0. The second kappa shape index (κ2) is 5.96. The third-order valence-electron chi connectivity index (χ3n) is 1.24. The SMILES string of the molecule is C[N+](C)(C)CCCCO.[Cl-]. The molecule has 10 heavy (non-hydrogen) atoms. The average molecular weight is 168 g/mol. The maximum Gasteiger partial charge on any atom is 0.0781 e. The van der Waals surface area contributed by atoms with Gasteiger partial charge in [-0.2, -0.15) is 0 Å². The van der Waals surface area contributed by atoms with Crippen LogP contribution >= 0.6 is 0 Å². The molecule has 0 bridgehead atoms. The van der Waals surface area contributed by atoms with Gasteiger partial charge in [0.1, 0.15) is 0 Å². The van der Waals surface area contributed by atoms with E-state index in [1.54, 1.807) is 0 Å². The molecule has 0 aliphatic heterocycles. The van der Waals surface area contributed by atoms with Gasteiger partial charge in [0.25, 0.3) is 0 Å². The zero-order chi connectivity index (χ0) is 7.33. The highest BCUT2D eigenvalue weighted by Gasteiger charge is 2.04. The largest absolute Gasteiger partial charge is 1.00 e. The molecule has 3 heteroatoms. The monoisotopic (exact) mass is 167 g/mol. The first kappa shape index (κ1) is 12.8. The van der Waals surface area contributed by atoms with Crippen LogP contribution in [0.2, 0.25) is 0 Å².